The highest BCUT2D eigenvalue weighted by Gasteiger charge is 2.15. The maximum Gasteiger partial charge on any atom is 0.175 e. The van der Waals surface area contributed by atoms with Crippen LogP contribution in [0.4, 0.5) is 5.82 Å². The quantitative estimate of drug-likeness (QED) is 0.804. The average Bonchev–Trinajstić information content (AvgIpc) is 2.82. The highest BCUT2D eigenvalue weighted by atomic mass is 32.2. The van der Waals surface area contributed by atoms with Crippen LogP contribution in [-0.2, 0) is 24.4 Å². The molecule has 0 fully saturated rings. The molecule has 2 aromatic rings. The van der Waals surface area contributed by atoms with Crippen molar-refractivity contribution in [2.45, 2.75) is 6.54 Å². The lowest BCUT2D eigenvalue weighted by Gasteiger charge is -2.06. The molecule has 7 nitrogen and oxygen atoms in total. The summed E-state index contributed by atoms with van der Waals surface area (Å²) in [6.45, 7) is 0.522. The van der Waals surface area contributed by atoms with Crippen molar-refractivity contribution in [1.29, 1.82) is 0 Å². The lowest BCUT2D eigenvalue weighted by Crippen LogP contribution is -2.11. The summed E-state index contributed by atoms with van der Waals surface area (Å²) >= 11 is 0. The summed E-state index contributed by atoms with van der Waals surface area (Å²) in [4.78, 5) is 0. The third-order valence-corrected chi connectivity index (χ3v) is 3.17. The molecule has 0 aliphatic rings. The molecule has 1 atom stereocenters. The fourth-order valence-electron chi connectivity index (χ4n) is 1.57. The van der Waals surface area contributed by atoms with Crippen LogP contribution >= 0.6 is 0 Å². The SMILES string of the molecule is Cn1nccc1-c1c(N)nnn1CCS(C)=O. The molecule has 2 heterocycles. The van der Waals surface area contributed by atoms with Gasteiger partial charge in [-0.05, 0) is 6.07 Å². The lowest BCUT2D eigenvalue weighted by atomic mass is 10.3. The van der Waals surface area contributed by atoms with E-state index in [0.717, 1.165) is 11.4 Å². The van der Waals surface area contributed by atoms with E-state index >= 15 is 0 Å². The van der Waals surface area contributed by atoms with Gasteiger partial charge in [0.1, 0.15) is 5.69 Å². The van der Waals surface area contributed by atoms with E-state index in [9.17, 15) is 4.21 Å². The van der Waals surface area contributed by atoms with Crippen molar-refractivity contribution in [3.8, 4) is 11.4 Å². The molecule has 0 aliphatic heterocycles. The van der Waals surface area contributed by atoms with Crippen molar-refractivity contribution < 1.29 is 4.21 Å². The predicted molar refractivity (Wildman–Crippen MR) is 65.6 cm³/mol. The molecule has 0 aromatic carbocycles. The Morgan fingerprint density at radius 2 is 2.29 bits per heavy atom. The highest BCUT2D eigenvalue weighted by Crippen LogP contribution is 2.22. The third kappa shape index (κ3) is 2.36. The van der Waals surface area contributed by atoms with E-state index in [0.29, 0.717) is 18.1 Å². The number of nitrogens with two attached hydrogens (primary N) is 1. The topological polar surface area (TPSA) is 91.6 Å². The predicted octanol–water partition coefficient (Wildman–Crippen LogP) is -0.361. The Morgan fingerprint density at radius 1 is 1.53 bits per heavy atom. The largest absolute Gasteiger partial charge is 0.380 e. The van der Waals surface area contributed by atoms with Gasteiger partial charge in [0.05, 0.1) is 12.2 Å². The molecule has 17 heavy (non-hydrogen) atoms. The molecule has 2 aromatic heterocycles. The van der Waals surface area contributed by atoms with E-state index in [1.54, 1.807) is 21.8 Å². The van der Waals surface area contributed by atoms with Crippen LogP contribution in [0.25, 0.3) is 11.4 Å². The van der Waals surface area contributed by atoms with Crippen molar-refractivity contribution in [2.24, 2.45) is 7.05 Å². The first-order chi connectivity index (χ1) is 8.09. The molecule has 2 rings (SSSR count). The van der Waals surface area contributed by atoms with Gasteiger partial charge < -0.3 is 5.73 Å². The van der Waals surface area contributed by atoms with Gasteiger partial charge in [-0.15, -0.1) is 5.10 Å². The van der Waals surface area contributed by atoms with Crippen molar-refractivity contribution in [3.63, 3.8) is 0 Å². The van der Waals surface area contributed by atoms with Gasteiger partial charge in [-0.1, -0.05) is 5.21 Å². The van der Waals surface area contributed by atoms with E-state index in [1.807, 2.05) is 13.1 Å². The number of hydrogen-bond donors (Lipinski definition) is 1. The Labute approximate surface area is 101 Å². The number of aryl methyl sites for hydroxylation is 2. The standard InChI is InChI=1S/C9H14N6OS/c1-14-7(3-4-11-14)8-9(10)12-13-15(8)5-6-17(2)16/h3-4H,5-6,10H2,1-2H3. The molecule has 0 saturated carbocycles. The number of aromatic nitrogens is 5. The number of hydrogen-bond acceptors (Lipinski definition) is 5. The zero-order chi connectivity index (χ0) is 12.4. The first-order valence-corrected chi connectivity index (χ1v) is 6.79. The summed E-state index contributed by atoms with van der Waals surface area (Å²) in [6, 6.07) is 1.84. The summed E-state index contributed by atoms with van der Waals surface area (Å²) < 4.78 is 14.5. The highest BCUT2D eigenvalue weighted by molar-refractivity contribution is 7.84. The maximum atomic E-state index is 11.1. The summed E-state index contributed by atoms with van der Waals surface area (Å²) in [7, 11) is 0.954. The van der Waals surface area contributed by atoms with E-state index in [-0.39, 0.29) is 0 Å². The fourth-order valence-corrected chi connectivity index (χ4v) is 2.00. The normalized spacial score (nSPS) is 12.8. The zero-order valence-electron chi connectivity index (χ0n) is 9.70. The second kappa shape index (κ2) is 4.66. The zero-order valence-corrected chi connectivity index (χ0v) is 10.5. The minimum atomic E-state index is -0.869. The first-order valence-electron chi connectivity index (χ1n) is 5.07. The molecular formula is C9H14N6OS. The monoisotopic (exact) mass is 254 g/mol. The van der Waals surface area contributed by atoms with Crippen LogP contribution in [0, 0.1) is 0 Å². The number of rotatable bonds is 4. The van der Waals surface area contributed by atoms with Crippen LogP contribution in [0.3, 0.4) is 0 Å². The molecular weight excluding hydrogens is 240 g/mol. The van der Waals surface area contributed by atoms with Gasteiger partial charge in [0, 0.05) is 36.1 Å². The van der Waals surface area contributed by atoms with Gasteiger partial charge >= 0.3 is 0 Å². The Morgan fingerprint density at radius 3 is 2.88 bits per heavy atom. The third-order valence-electron chi connectivity index (χ3n) is 2.42. The summed E-state index contributed by atoms with van der Waals surface area (Å²) in [5.41, 5.74) is 7.36. The van der Waals surface area contributed by atoms with Crippen LogP contribution in [0.1, 0.15) is 0 Å². The van der Waals surface area contributed by atoms with Crippen LogP contribution in [0.15, 0.2) is 12.3 Å². The number of anilines is 1. The van der Waals surface area contributed by atoms with Crippen molar-refractivity contribution in [3.05, 3.63) is 12.3 Å². The van der Waals surface area contributed by atoms with Gasteiger partial charge in [0.25, 0.3) is 0 Å². The lowest BCUT2D eigenvalue weighted by molar-refractivity contribution is 0.622. The maximum absolute atomic E-state index is 11.1. The van der Waals surface area contributed by atoms with Crippen LogP contribution in [0.2, 0.25) is 0 Å². The summed E-state index contributed by atoms with van der Waals surface area (Å²) in [5, 5.41) is 11.9. The van der Waals surface area contributed by atoms with Crippen LogP contribution in [-0.4, -0.2) is 41.0 Å². The van der Waals surface area contributed by atoms with E-state index in [1.165, 1.54) is 0 Å². The van der Waals surface area contributed by atoms with Crippen molar-refractivity contribution in [2.75, 3.05) is 17.7 Å². The van der Waals surface area contributed by atoms with Gasteiger partial charge in [-0.25, -0.2) is 4.68 Å². The van der Waals surface area contributed by atoms with E-state index < -0.39 is 10.8 Å². The molecule has 1 unspecified atom stereocenters. The van der Waals surface area contributed by atoms with E-state index in [2.05, 4.69) is 15.4 Å². The molecule has 0 amide bonds. The first kappa shape index (κ1) is 11.8. The minimum Gasteiger partial charge on any atom is -0.380 e. The van der Waals surface area contributed by atoms with Gasteiger partial charge in [-0.2, -0.15) is 5.10 Å². The molecule has 0 radical (unpaired) electrons. The molecule has 92 valence electrons. The molecule has 2 N–H and O–H groups in total. The summed E-state index contributed by atoms with van der Waals surface area (Å²) in [6.07, 6.45) is 3.34. The average molecular weight is 254 g/mol. The smallest absolute Gasteiger partial charge is 0.175 e. The van der Waals surface area contributed by atoms with Gasteiger partial charge in [0.2, 0.25) is 0 Å². The number of nitrogens with zero attached hydrogens (tertiary/aromatic N) is 5. The van der Waals surface area contributed by atoms with E-state index in [4.69, 9.17) is 5.73 Å². The Hall–Kier alpha value is -1.70. The molecule has 0 spiro atoms. The van der Waals surface area contributed by atoms with Gasteiger partial charge in [-0.3, -0.25) is 8.89 Å². The Balaban J connectivity index is 2.36. The fraction of sp³-hybridized carbons (Fsp3) is 0.444. The number of nitrogen functional groups attached to an aromatic ring is 1. The molecule has 0 bridgehead atoms. The Bertz CT molecular complexity index is 545. The second-order valence-corrected chi connectivity index (χ2v) is 5.22. The molecule has 8 heteroatoms. The Kier molecular flexibility index (Phi) is 3.23. The van der Waals surface area contributed by atoms with Gasteiger partial charge in [0.15, 0.2) is 5.82 Å². The second-order valence-electron chi connectivity index (χ2n) is 3.66. The summed E-state index contributed by atoms with van der Waals surface area (Å²) in [5.74, 6) is 0.878. The van der Waals surface area contributed by atoms with Crippen LogP contribution in [0.5, 0.6) is 0 Å². The molecule has 0 aliphatic carbocycles. The molecule has 0 saturated heterocycles. The van der Waals surface area contributed by atoms with Crippen molar-refractivity contribution in [1.82, 2.24) is 24.8 Å². The van der Waals surface area contributed by atoms with Crippen molar-refractivity contribution >= 4 is 16.6 Å². The minimum absolute atomic E-state index is 0.357. The van der Waals surface area contributed by atoms with Crippen LogP contribution < -0.4 is 5.73 Å².